The van der Waals surface area contributed by atoms with Crippen LogP contribution in [0.2, 0.25) is 0 Å². The highest BCUT2D eigenvalue weighted by Gasteiger charge is 2.44. The van der Waals surface area contributed by atoms with E-state index in [1.54, 1.807) is 0 Å². The van der Waals surface area contributed by atoms with Crippen LogP contribution in [0.5, 0.6) is 0 Å². The number of amides is 4. The van der Waals surface area contributed by atoms with E-state index in [0.717, 1.165) is 83.4 Å². The van der Waals surface area contributed by atoms with E-state index in [2.05, 4.69) is 69.1 Å². The van der Waals surface area contributed by atoms with E-state index in [4.69, 9.17) is 19.4 Å². The van der Waals surface area contributed by atoms with Crippen LogP contribution in [0.15, 0.2) is 48.5 Å². The van der Waals surface area contributed by atoms with Crippen LogP contribution in [-0.2, 0) is 30.9 Å². The molecule has 3 aromatic carbocycles. The third-order valence-corrected chi connectivity index (χ3v) is 14.4. The van der Waals surface area contributed by atoms with Crippen molar-refractivity contribution >= 4 is 46.1 Å². The maximum Gasteiger partial charge on any atom is 0.407 e. The highest BCUT2D eigenvalue weighted by molar-refractivity contribution is 5.90. The van der Waals surface area contributed by atoms with Gasteiger partial charge in [0.1, 0.15) is 23.7 Å². The summed E-state index contributed by atoms with van der Waals surface area (Å²) in [5, 5.41) is 5.49. The van der Waals surface area contributed by atoms with Crippen LogP contribution >= 0.6 is 0 Å². The first-order valence-electron chi connectivity index (χ1n) is 22.9. The minimum Gasteiger partial charge on any atom is -0.453 e. The average Bonchev–Trinajstić information content (AvgIpc) is 4.15. The first-order valence-corrected chi connectivity index (χ1v) is 22.9. The Kier molecular flexibility index (Phi) is 11.4. The quantitative estimate of drug-likeness (QED) is 0.108. The normalized spacial score (nSPS) is 20.3. The van der Waals surface area contributed by atoms with Gasteiger partial charge in [-0.15, -0.1) is 0 Å². The number of hydrogen-bond donors (Lipinski definition) is 4. The number of aromatic amines is 2. The van der Waals surface area contributed by atoms with Crippen molar-refractivity contribution in [2.24, 2.45) is 11.8 Å². The van der Waals surface area contributed by atoms with Gasteiger partial charge in [-0.1, -0.05) is 64.8 Å². The van der Waals surface area contributed by atoms with Gasteiger partial charge in [-0.3, -0.25) is 9.59 Å². The minimum atomic E-state index is -0.692. The lowest BCUT2D eigenvalue weighted by atomic mass is 9.76. The molecule has 4 atom stereocenters. The molecule has 5 aromatic rings. The SMILES string of the molecule is COC(=O)N[C@H](C(=O)N1CCC[C@H]1c1nc2cc(-c3ccc(-c4ccc5[nH]c([C@@H]6CCCN6C(=O)[C@@H](NC(=O)OC)C(C)C)nc5c4)c4c3CCC43CCCC3)ccc2[nH]1)C(C)C. The predicted molar refractivity (Wildman–Crippen MR) is 241 cm³/mol. The Labute approximate surface area is 368 Å². The zero-order valence-corrected chi connectivity index (χ0v) is 37.3. The molecule has 14 heteroatoms. The molecule has 4 aliphatic rings. The van der Waals surface area contributed by atoms with E-state index in [9.17, 15) is 19.2 Å². The van der Waals surface area contributed by atoms with Crippen molar-refractivity contribution in [1.29, 1.82) is 0 Å². The van der Waals surface area contributed by atoms with Crippen LogP contribution in [0.3, 0.4) is 0 Å². The van der Waals surface area contributed by atoms with E-state index in [1.165, 1.54) is 62.2 Å². The summed E-state index contributed by atoms with van der Waals surface area (Å²) in [6.07, 6.45) is 9.04. The van der Waals surface area contributed by atoms with Crippen molar-refractivity contribution in [1.82, 2.24) is 40.4 Å². The van der Waals surface area contributed by atoms with Crippen molar-refractivity contribution in [3.8, 4) is 22.3 Å². The minimum absolute atomic E-state index is 0.108. The van der Waals surface area contributed by atoms with Gasteiger partial charge in [0.05, 0.1) is 48.4 Å². The molecule has 2 saturated heterocycles. The summed E-state index contributed by atoms with van der Waals surface area (Å²) in [5.74, 6) is 1.06. The fourth-order valence-electron chi connectivity index (χ4n) is 11.2. The van der Waals surface area contributed by atoms with Gasteiger partial charge in [0, 0.05) is 13.1 Å². The molecule has 4 amide bonds. The molecule has 14 nitrogen and oxygen atoms in total. The first kappa shape index (κ1) is 42.4. The molecule has 3 fully saturated rings. The van der Waals surface area contributed by atoms with E-state index in [1.807, 2.05) is 37.5 Å². The van der Waals surface area contributed by atoms with Gasteiger partial charge in [-0.25, -0.2) is 19.6 Å². The number of methoxy groups -OCH3 is 2. The van der Waals surface area contributed by atoms with Crippen molar-refractivity contribution in [2.45, 2.75) is 121 Å². The standard InChI is InChI=1S/C49H60N8O6/c1-27(2)41(54-47(60)62-5)45(58)56-23-9-11-38(56)43-50-34-17-13-29(25-36(34)52-43)31-15-16-32(40-33(31)19-22-49(40)20-7-8-21-49)30-14-18-35-37(26-30)53-44(51-35)39-12-10-24-57(39)46(59)42(28(3)4)55-48(61)63-6/h13-18,25-28,38-39,41-42H,7-12,19-24H2,1-6H3,(H,50,52)(H,51,53)(H,54,60)(H,55,61)/t38-,39-,41-,42-/m0/s1. The van der Waals surface area contributed by atoms with Crippen molar-refractivity contribution < 1.29 is 28.7 Å². The number of rotatable bonds is 10. The average molecular weight is 857 g/mol. The number of aromatic nitrogens is 4. The summed E-state index contributed by atoms with van der Waals surface area (Å²) in [5.41, 5.74) is 11.4. The molecule has 1 spiro atoms. The Balaban J connectivity index is 1.02. The van der Waals surface area contributed by atoms with Gasteiger partial charge in [-0.05, 0) is 126 Å². The molecule has 2 aliphatic heterocycles. The third kappa shape index (κ3) is 7.69. The zero-order valence-electron chi connectivity index (χ0n) is 37.3. The number of hydrogen-bond acceptors (Lipinski definition) is 8. The molecule has 0 radical (unpaired) electrons. The van der Waals surface area contributed by atoms with Gasteiger partial charge < -0.3 is 39.9 Å². The second-order valence-electron chi connectivity index (χ2n) is 18.8. The van der Waals surface area contributed by atoms with Crippen LogP contribution in [-0.4, -0.2) is 93.1 Å². The Morgan fingerprint density at radius 1 is 0.667 bits per heavy atom. The van der Waals surface area contributed by atoms with Crippen molar-refractivity contribution in [3.05, 3.63) is 71.3 Å². The number of alkyl carbamates (subject to hydrolysis) is 2. The van der Waals surface area contributed by atoms with Crippen molar-refractivity contribution in [2.75, 3.05) is 27.3 Å². The largest absolute Gasteiger partial charge is 0.453 e. The van der Waals surface area contributed by atoms with Crippen LogP contribution in [0.4, 0.5) is 9.59 Å². The fraction of sp³-hybridized carbons (Fsp3) is 0.510. The molecule has 2 aromatic heterocycles. The maximum absolute atomic E-state index is 13.8. The van der Waals surface area contributed by atoms with E-state index in [-0.39, 0.29) is 41.1 Å². The molecule has 63 heavy (non-hydrogen) atoms. The lowest BCUT2D eigenvalue weighted by molar-refractivity contribution is -0.136. The van der Waals surface area contributed by atoms with Gasteiger partial charge in [0.15, 0.2) is 0 Å². The van der Waals surface area contributed by atoms with Gasteiger partial charge in [-0.2, -0.15) is 0 Å². The van der Waals surface area contributed by atoms with Crippen LogP contribution < -0.4 is 10.6 Å². The highest BCUT2D eigenvalue weighted by Crippen LogP contribution is 2.55. The number of nitrogens with zero attached hydrogens (tertiary/aromatic N) is 4. The number of nitrogens with one attached hydrogen (secondary N) is 4. The number of benzene rings is 3. The Bertz CT molecular complexity index is 2570. The second-order valence-corrected chi connectivity index (χ2v) is 18.8. The number of ether oxygens (including phenoxy) is 2. The Morgan fingerprint density at radius 2 is 1.14 bits per heavy atom. The lowest BCUT2D eigenvalue weighted by Gasteiger charge is -2.29. The third-order valence-electron chi connectivity index (χ3n) is 14.4. The summed E-state index contributed by atoms with van der Waals surface area (Å²) in [6, 6.07) is 15.8. The van der Waals surface area contributed by atoms with Crippen LogP contribution in [0.1, 0.15) is 120 Å². The van der Waals surface area contributed by atoms with Gasteiger partial charge >= 0.3 is 12.2 Å². The molecule has 1 saturated carbocycles. The monoisotopic (exact) mass is 856 g/mol. The fourth-order valence-corrected chi connectivity index (χ4v) is 11.2. The molecule has 9 rings (SSSR count). The second kappa shape index (κ2) is 17.0. The van der Waals surface area contributed by atoms with Crippen LogP contribution in [0.25, 0.3) is 44.3 Å². The van der Waals surface area contributed by atoms with Gasteiger partial charge in [0.2, 0.25) is 11.8 Å². The first-order chi connectivity index (χ1) is 30.4. The summed E-state index contributed by atoms with van der Waals surface area (Å²) in [6.45, 7) is 8.89. The number of fused-ring (bicyclic) bond motifs is 4. The number of carbonyl (C=O) groups excluding carboxylic acids is 4. The summed E-state index contributed by atoms with van der Waals surface area (Å²) < 4.78 is 9.65. The summed E-state index contributed by atoms with van der Waals surface area (Å²) in [7, 11) is 2.61. The molecular weight excluding hydrogens is 797 g/mol. The smallest absolute Gasteiger partial charge is 0.407 e. The molecule has 4 N–H and O–H groups in total. The number of H-pyrrole nitrogens is 2. The zero-order chi connectivity index (χ0) is 44.2. The van der Waals surface area contributed by atoms with Crippen molar-refractivity contribution in [3.63, 3.8) is 0 Å². The molecule has 332 valence electrons. The highest BCUT2D eigenvalue weighted by atomic mass is 16.5. The number of carbonyl (C=O) groups is 4. The molecular formula is C49H60N8O6. The Hall–Kier alpha value is -5.92. The van der Waals surface area contributed by atoms with E-state index in [0.29, 0.717) is 13.1 Å². The van der Waals surface area contributed by atoms with Crippen LogP contribution in [0, 0.1) is 11.8 Å². The summed E-state index contributed by atoms with van der Waals surface area (Å²) >= 11 is 0. The Morgan fingerprint density at radius 3 is 1.62 bits per heavy atom. The lowest BCUT2D eigenvalue weighted by Crippen LogP contribution is -2.51. The maximum atomic E-state index is 13.8. The molecule has 4 heterocycles. The van der Waals surface area contributed by atoms with Gasteiger partial charge in [0.25, 0.3) is 0 Å². The topological polar surface area (TPSA) is 175 Å². The molecule has 0 bridgehead atoms. The van der Waals surface area contributed by atoms with E-state index >= 15 is 0 Å². The predicted octanol–water partition coefficient (Wildman–Crippen LogP) is 8.62. The van der Waals surface area contributed by atoms with E-state index < -0.39 is 24.3 Å². The summed E-state index contributed by atoms with van der Waals surface area (Å²) in [4.78, 5) is 73.0. The number of likely N-dealkylation sites (tertiary alicyclic amines) is 2. The molecule has 0 unspecified atom stereocenters. The number of imidazole rings is 2. The molecule has 2 aliphatic carbocycles.